The third-order valence-electron chi connectivity index (χ3n) is 4.75. The summed E-state index contributed by atoms with van der Waals surface area (Å²) in [4.78, 5) is 42.3. The molecule has 9 nitrogen and oxygen atoms in total. The number of anilines is 1. The number of methoxy groups -OCH3 is 1. The number of ether oxygens (including phenoxy) is 1. The molecule has 0 aliphatic rings. The molecule has 0 aromatic carbocycles. The predicted octanol–water partition coefficient (Wildman–Crippen LogP) is 3.29. The van der Waals surface area contributed by atoms with Crippen molar-refractivity contribution in [2.24, 2.45) is 0 Å². The van der Waals surface area contributed by atoms with E-state index in [1.54, 1.807) is 24.5 Å². The summed E-state index contributed by atoms with van der Waals surface area (Å²) in [6, 6.07) is 4.88. The van der Waals surface area contributed by atoms with Crippen LogP contribution in [-0.4, -0.2) is 43.3 Å². The molecule has 0 spiro atoms. The quantitative estimate of drug-likeness (QED) is 0.480. The lowest BCUT2D eigenvalue weighted by molar-refractivity contribution is 0.101. The number of hydrogen-bond acceptors (Lipinski definition) is 7. The fraction of sp³-hybridized carbons (Fsp3) is 0.182. The number of carbonyl (C=O) groups is 2. The highest BCUT2D eigenvalue weighted by molar-refractivity contribution is 6.16. The molecule has 0 saturated heterocycles. The molecule has 4 aromatic rings. The van der Waals surface area contributed by atoms with Crippen LogP contribution < -0.4 is 10.1 Å². The summed E-state index contributed by atoms with van der Waals surface area (Å²) in [5.74, 6) is -0.150. The van der Waals surface area contributed by atoms with Crippen molar-refractivity contribution in [2.45, 2.75) is 19.9 Å². The van der Waals surface area contributed by atoms with E-state index in [0.29, 0.717) is 33.6 Å². The number of pyridine rings is 2. The number of rotatable bonds is 6. The average molecular weight is 416 g/mol. The Kier molecular flexibility index (Phi) is 5.40. The van der Waals surface area contributed by atoms with Gasteiger partial charge in [-0.25, -0.2) is 9.97 Å². The molecular formula is C22H20N6O3. The van der Waals surface area contributed by atoms with Crippen LogP contribution in [0.3, 0.4) is 0 Å². The summed E-state index contributed by atoms with van der Waals surface area (Å²) in [5.41, 5.74) is 2.07. The van der Waals surface area contributed by atoms with Gasteiger partial charge in [0.1, 0.15) is 23.4 Å². The SMILES string of the molecule is COc1ccnc(C(=O)Nc2cncc(C(=O)c3cn(C(C)C)c4ncncc34)c2)c1. The number of nitrogens with one attached hydrogen (secondary N) is 1. The molecule has 0 atom stereocenters. The first-order valence-corrected chi connectivity index (χ1v) is 9.59. The fourth-order valence-electron chi connectivity index (χ4n) is 3.21. The van der Waals surface area contributed by atoms with Crippen molar-refractivity contribution in [3.05, 3.63) is 72.3 Å². The molecule has 0 aliphatic carbocycles. The van der Waals surface area contributed by atoms with Crippen LogP contribution in [0.15, 0.2) is 55.5 Å². The van der Waals surface area contributed by atoms with E-state index in [1.807, 2.05) is 18.4 Å². The minimum atomic E-state index is -0.435. The highest BCUT2D eigenvalue weighted by Crippen LogP contribution is 2.25. The molecule has 4 heterocycles. The Labute approximate surface area is 178 Å². The van der Waals surface area contributed by atoms with Crippen molar-refractivity contribution in [3.8, 4) is 5.75 Å². The Morgan fingerprint density at radius 2 is 1.94 bits per heavy atom. The molecule has 1 amide bonds. The first-order valence-electron chi connectivity index (χ1n) is 9.59. The van der Waals surface area contributed by atoms with E-state index < -0.39 is 5.91 Å². The summed E-state index contributed by atoms with van der Waals surface area (Å²) < 4.78 is 7.05. The monoisotopic (exact) mass is 416 g/mol. The Bertz CT molecular complexity index is 1280. The fourth-order valence-corrected chi connectivity index (χ4v) is 3.21. The zero-order valence-electron chi connectivity index (χ0n) is 17.2. The van der Waals surface area contributed by atoms with E-state index >= 15 is 0 Å². The van der Waals surface area contributed by atoms with Crippen LogP contribution in [0.25, 0.3) is 11.0 Å². The number of carbonyl (C=O) groups excluding carboxylic acids is 2. The maximum Gasteiger partial charge on any atom is 0.274 e. The molecule has 0 bridgehead atoms. The minimum absolute atomic E-state index is 0.123. The zero-order chi connectivity index (χ0) is 22.0. The van der Waals surface area contributed by atoms with E-state index in [0.717, 1.165) is 0 Å². The molecule has 156 valence electrons. The van der Waals surface area contributed by atoms with Crippen LogP contribution in [-0.2, 0) is 0 Å². The van der Waals surface area contributed by atoms with Gasteiger partial charge in [0.25, 0.3) is 5.91 Å². The van der Waals surface area contributed by atoms with Gasteiger partial charge in [-0.1, -0.05) is 0 Å². The lowest BCUT2D eigenvalue weighted by atomic mass is 10.1. The Morgan fingerprint density at radius 3 is 2.71 bits per heavy atom. The molecule has 9 heteroatoms. The van der Waals surface area contributed by atoms with Gasteiger partial charge in [0.2, 0.25) is 0 Å². The largest absolute Gasteiger partial charge is 0.497 e. The van der Waals surface area contributed by atoms with Gasteiger partial charge in [0.05, 0.1) is 24.6 Å². The Balaban J connectivity index is 1.63. The van der Waals surface area contributed by atoms with Gasteiger partial charge in [0.15, 0.2) is 5.78 Å². The smallest absolute Gasteiger partial charge is 0.274 e. The number of hydrogen-bond donors (Lipinski definition) is 1. The highest BCUT2D eigenvalue weighted by atomic mass is 16.5. The van der Waals surface area contributed by atoms with Gasteiger partial charge in [-0.2, -0.15) is 0 Å². The number of amides is 1. The third kappa shape index (κ3) is 3.97. The summed E-state index contributed by atoms with van der Waals surface area (Å²) >= 11 is 0. The van der Waals surface area contributed by atoms with Gasteiger partial charge in [0, 0.05) is 47.8 Å². The maximum atomic E-state index is 13.2. The Morgan fingerprint density at radius 1 is 1.10 bits per heavy atom. The van der Waals surface area contributed by atoms with Crippen molar-refractivity contribution in [1.29, 1.82) is 0 Å². The van der Waals surface area contributed by atoms with E-state index in [1.165, 1.54) is 38.1 Å². The summed E-state index contributed by atoms with van der Waals surface area (Å²) in [6.07, 6.45) is 9.28. The van der Waals surface area contributed by atoms with Gasteiger partial charge in [-0.15, -0.1) is 0 Å². The summed E-state index contributed by atoms with van der Waals surface area (Å²) in [7, 11) is 1.51. The molecule has 0 radical (unpaired) electrons. The van der Waals surface area contributed by atoms with Crippen molar-refractivity contribution in [2.75, 3.05) is 12.4 Å². The minimum Gasteiger partial charge on any atom is -0.497 e. The van der Waals surface area contributed by atoms with Crippen LogP contribution in [0.5, 0.6) is 5.75 Å². The van der Waals surface area contributed by atoms with Crippen LogP contribution in [0, 0.1) is 0 Å². The second-order valence-corrected chi connectivity index (χ2v) is 7.13. The molecule has 1 N–H and O–H groups in total. The van der Waals surface area contributed by atoms with E-state index in [-0.39, 0.29) is 17.5 Å². The molecule has 31 heavy (non-hydrogen) atoms. The van der Waals surface area contributed by atoms with Crippen molar-refractivity contribution < 1.29 is 14.3 Å². The molecule has 0 saturated carbocycles. The van der Waals surface area contributed by atoms with Gasteiger partial charge >= 0.3 is 0 Å². The van der Waals surface area contributed by atoms with E-state index in [4.69, 9.17) is 4.74 Å². The standard InChI is InChI=1S/C22H20N6O3/c1-13(2)28-11-18(17-10-24-12-26-21(17)28)20(29)14-6-15(9-23-8-14)27-22(30)19-7-16(31-3)4-5-25-19/h4-13H,1-3H3,(H,27,30). The number of aromatic nitrogens is 5. The number of nitrogens with zero attached hydrogens (tertiary/aromatic N) is 5. The van der Waals surface area contributed by atoms with Gasteiger partial charge in [-0.05, 0) is 26.0 Å². The lowest BCUT2D eigenvalue weighted by Gasteiger charge is -2.07. The predicted molar refractivity (Wildman–Crippen MR) is 114 cm³/mol. The average Bonchev–Trinajstić information content (AvgIpc) is 3.19. The first-order chi connectivity index (χ1) is 15.0. The topological polar surface area (TPSA) is 112 Å². The number of fused-ring (bicyclic) bond motifs is 1. The molecule has 0 fully saturated rings. The first kappa shape index (κ1) is 20.1. The maximum absolute atomic E-state index is 13.2. The van der Waals surface area contributed by atoms with Crippen LogP contribution in [0.2, 0.25) is 0 Å². The van der Waals surface area contributed by atoms with Crippen molar-refractivity contribution in [1.82, 2.24) is 24.5 Å². The molecule has 0 aliphatic heterocycles. The van der Waals surface area contributed by atoms with Crippen molar-refractivity contribution in [3.63, 3.8) is 0 Å². The molecule has 4 rings (SSSR count). The normalized spacial score (nSPS) is 11.0. The second kappa shape index (κ2) is 8.31. The van der Waals surface area contributed by atoms with Crippen molar-refractivity contribution >= 4 is 28.4 Å². The third-order valence-corrected chi connectivity index (χ3v) is 4.75. The molecular weight excluding hydrogens is 396 g/mol. The zero-order valence-corrected chi connectivity index (χ0v) is 17.2. The van der Waals surface area contributed by atoms with E-state index in [2.05, 4.69) is 25.3 Å². The summed E-state index contributed by atoms with van der Waals surface area (Å²) in [6.45, 7) is 4.03. The molecule has 4 aromatic heterocycles. The summed E-state index contributed by atoms with van der Waals surface area (Å²) in [5, 5.41) is 3.38. The van der Waals surface area contributed by atoms with Gasteiger partial charge in [-0.3, -0.25) is 19.6 Å². The highest BCUT2D eigenvalue weighted by Gasteiger charge is 2.20. The Hall–Kier alpha value is -4.14. The number of ketones is 1. The lowest BCUT2D eigenvalue weighted by Crippen LogP contribution is -2.14. The van der Waals surface area contributed by atoms with Crippen LogP contribution in [0.1, 0.15) is 46.3 Å². The van der Waals surface area contributed by atoms with Gasteiger partial charge < -0.3 is 14.6 Å². The van der Waals surface area contributed by atoms with Crippen LogP contribution in [0.4, 0.5) is 5.69 Å². The van der Waals surface area contributed by atoms with Crippen LogP contribution >= 0.6 is 0 Å². The van der Waals surface area contributed by atoms with E-state index in [9.17, 15) is 9.59 Å². The molecule has 0 unspecified atom stereocenters. The second-order valence-electron chi connectivity index (χ2n) is 7.13.